The summed E-state index contributed by atoms with van der Waals surface area (Å²) >= 11 is 0. The van der Waals surface area contributed by atoms with Gasteiger partial charge in [0.1, 0.15) is 5.76 Å². The van der Waals surface area contributed by atoms with Crippen LogP contribution in [0.4, 0.5) is 0 Å². The minimum absolute atomic E-state index is 0.115. The Labute approximate surface area is 103 Å². The lowest BCUT2D eigenvalue weighted by molar-refractivity contribution is 0.0663. The molecule has 0 spiro atoms. The van der Waals surface area contributed by atoms with E-state index in [1.54, 1.807) is 6.07 Å². The molecule has 0 aliphatic carbocycles. The van der Waals surface area contributed by atoms with Crippen LogP contribution in [0.3, 0.4) is 0 Å². The van der Waals surface area contributed by atoms with Gasteiger partial charge in [-0.25, -0.2) is 18.4 Å². The molecule has 2 aromatic rings. The van der Waals surface area contributed by atoms with Crippen molar-refractivity contribution in [3.05, 3.63) is 42.2 Å². The number of carboxylic acid groups (broad SMARTS) is 1. The Morgan fingerprint density at radius 1 is 1.17 bits per heavy atom. The summed E-state index contributed by atoms with van der Waals surface area (Å²) in [4.78, 5) is 10.6. The van der Waals surface area contributed by atoms with Gasteiger partial charge in [-0.2, -0.15) is 0 Å². The maximum absolute atomic E-state index is 11.4. The Morgan fingerprint density at radius 3 is 2.39 bits per heavy atom. The van der Waals surface area contributed by atoms with E-state index in [2.05, 4.69) is 0 Å². The molecule has 0 aliphatic rings. The molecule has 18 heavy (non-hydrogen) atoms. The van der Waals surface area contributed by atoms with Crippen molar-refractivity contribution in [2.24, 2.45) is 5.14 Å². The third kappa shape index (κ3) is 2.27. The molecule has 3 N–H and O–H groups in total. The molecule has 0 atom stereocenters. The lowest BCUT2D eigenvalue weighted by Gasteiger charge is -2.04. The molecule has 7 heteroatoms. The third-order valence-electron chi connectivity index (χ3n) is 2.28. The molecule has 0 saturated heterocycles. The molecule has 0 aliphatic heterocycles. The number of benzene rings is 1. The number of carboxylic acids is 1. The van der Waals surface area contributed by atoms with Gasteiger partial charge in [-0.3, -0.25) is 0 Å². The molecule has 0 unspecified atom stereocenters. The first-order chi connectivity index (χ1) is 8.39. The summed E-state index contributed by atoms with van der Waals surface area (Å²) in [7, 11) is -3.90. The average molecular weight is 267 g/mol. The van der Waals surface area contributed by atoms with Gasteiger partial charge in [0.2, 0.25) is 15.8 Å². The van der Waals surface area contributed by atoms with E-state index < -0.39 is 16.0 Å². The summed E-state index contributed by atoms with van der Waals surface area (Å²) in [6.07, 6.45) is 0. The van der Waals surface area contributed by atoms with E-state index in [1.807, 2.05) is 0 Å². The van der Waals surface area contributed by atoms with E-state index >= 15 is 0 Å². The lowest BCUT2D eigenvalue weighted by Crippen LogP contribution is -2.13. The number of hydrogen-bond donors (Lipinski definition) is 2. The number of sulfonamides is 1. The highest BCUT2D eigenvalue weighted by Crippen LogP contribution is 2.28. The van der Waals surface area contributed by atoms with Crippen LogP contribution >= 0.6 is 0 Å². The van der Waals surface area contributed by atoms with Gasteiger partial charge < -0.3 is 9.52 Å². The number of aromatic carboxylic acids is 1. The lowest BCUT2D eigenvalue weighted by atomic mass is 10.2. The molecule has 0 bridgehead atoms. The van der Waals surface area contributed by atoms with Gasteiger partial charge >= 0.3 is 5.97 Å². The van der Waals surface area contributed by atoms with Gasteiger partial charge in [-0.05, 0) is 24.3 Å². The fraction of sp³-hybridized carbons (Fsp3) is 0. The second-order valence-corrected chi connectivity index (χ2v) is 5.04. The Morgan fingerprint density at radius 2 is 1.83 bits per heavy atom. The van der Waals surface area contributed by atoms with E-state index in [4.69, 9.17) is 14.7 Å². The Kier molecular flexibility index (Phi) is 2.93. The standard InChI is InChI=1S/C11H9NO5S/c12-18(15,16)10-4-2-1-3-7(10)8-5-6-9(17-8)11(13)14/h1-6H,(H,13,14)(H2,12,15,16). The zero-order valence-electron chi connectivity index (χ0n) is 9.03. The smallest absolute Gasteiger partial charge is 0.371 e. The van der Waals surface area contributed by atoms with Crippen LogP contribution in [0.5, 0.6) is 0 Å². The van der Waals surface area contributed by atoms with Crippen LogP contribution in [-0.2, 0) is 10.0 Å². The minimum atomic E-state index is -3.90. The Balaban J connectivity index is 2.61. The largest absolute Gasteiger partial charge is 0.475 e. The van der Waals surface area contributed by atoms with Crippen LogP contribution in [0.15, 0.2) is 45.7 Å². The molecule has 0 amide bonds. The fourth-order valence-electron chi connectivity index (χ4n) is 1.52. The van der Waals surface area contributed by atoms with Crippen LogP contribution in [0.1, 0.15) is 10.6 Å². The quantitative estimate of drug-likeness (QED) is 0.870. The van der Waals surface area contributed by atoms with Gasteiger partial charge in [0.15, 0.2) is 0 Å². The predicted molar refractivity (Wildman–Crippen MR) is 62.5 cm³/mol. The molecule has 6 nitrogen and oxygen atoms in total. The SMILES string of the molecule is NS(=O)(=O)c1ccccc1-c1ccc(C(=O)O)o1. The molecule has 1 heterocycles. The van der Waals surface area contributed by atoms with E-state index in [0.29, 0.717) is 0 Å². The highest BCUT2D eigenvalue weighted by Gasteiger charge is 2.18. The van der Waals surface area contributed by atoms with Crippen LogP contribution < -0.4 is 5.14 Å². The highest BCUT2D eigenvalue weighted by molar-refractivity contribution is 7.89. The maximum atomic E-state index is 11.4. The third-order valence-corrected chi connectivity index (χ3v) is 3.24. The van der Waals surface area contributed by atoms with Crippen LogP contribution in [-0.4, -0.2) is 19.5 Å². The molecule has 2 rings (SSSR count). The van der Waals surface area contributed by atoms with Crippen LogP contribution in [0.25, 0.3) is 11.3 Å². The molecule has 1 aromatic heterocycles. The van der Waals surface area contributed by atoms with Gasteiger partial charge in [-0.15, -0.1) is 0 Å². The van der Waals surface area contributed by atoms with Crippen molar-refractivity contribution < 1.29 is 22.7 Å². The summed E-state index contributed by atoms with van der Waals surface area (Å²) in [5, 5.41) is 13.8. The van der Waals surface area contributed by atoms with E-state index in [0.717, 1.165) is 0 Å². The van der Waals surface area contributed by atoms with Crippen LogP contribution in [0, 0.1) is 0 Å². The van der Waals surface area contributed by atoms with Crippen LogP contribution in [0.2, 0.25) is 0 Å². The number of nitrogens with two attached hydrogens (primary N) is 1. The number of carbonyl (C=O) groups is 1. The van der Waals surface area contributed by atoms with E-state index in [-0.39, 0.29) is 22.0 Å². The van der Waals surface area contributed by atoms with Crippen molar-refractivity contribution in [1.82, 2.24) is 0 Å². The van der Waals surface area contributed by atoms with Crippen molar-refractivity contribution in [2.75, 3.05) is 0 Å². The molecule has 1 aromatic carbocycles. The molecule has 0 fully saturated rings. The number of primary sulfonamides is 1. The van der Waals surface area contributed by atoms with Crippen molar-refractivity contribution in [3.63, 3.8) is 0 Å². The monoisotopic (exact) mass is 267 g/mol. The van der Waals surface area contributed by atoms with E-state index in [9.17, 15) is 13.2 Å². The highest BCUT2D eigenvalue weighted by atomic mass is 32.2. The first kappa shape index (κ1) is 12.3. The average Bonchev–Trinajstić information content (AvgIpc) is 2.77. The summed E-state index contributed by atoms with van der Waals surface area (Å²) in [5.41, 5.74) is 0.229. The van der Waals surface area contributed by atoms with Gasteiger partial charge in [0.05, 0.1) is 4.90 Å². The van der Waals surface area contributed by atoms with Crippen molar-refractivity contribution in [3.8, 4) is 11.3 Å². The zero-order chi connectivity index (χ0) is 13.3. The van der Waals surface area contributed by atoms with Gasteiger partial charge in [-0.1, -0.05) is 12.1 Å². The second kappa shape index (κ2) is 4.28. The van der Waals surface area contributed by atoms with Crippen molar-refractivity contribution in [2.45, 2.75) is 4.90 Å². The number of rotatable bonds is 3. The van der Waals surface area contributed by atoms with E-state index in [1.165, 1.54) is 30.3 Å². The summed E-state index contributed by atoms with van der Waals surface area (Å²) in [5.74, 6) is -1.36. The molecule has 0 radical (unpaired) electrons. The van der Waals surface area contributed by atoms with Crippen molar-refractivity contribution >= 4 is 16.0 Å². The minimum Gasteiger partial charge on any atom is -0.475 e. The first-order valence-corrected chi connectivity index (χ1v) is 6.39. The molecular formula is C11H9NO5S. The van der Waals surface area contributed by atoms with Gasteiger partial charge in [0.25, 0.3) is 0 Å². The molecular weight excluding hydrogens is 258 g/mol. The first-order valence-electron chi connectivity index (χ1n) is 4.85. The Bertz CT molecular complexity index is 702. The van der Waals surface area contributed by atoms with Crippen molar-refractivity contribution in [1.29, 1.82) is 0 Å². The summed E-state index contributed by atoms with van der Waals surface area (Å²) in [6.45, 7) is 0. The van der Waals surface area contributed by atoms with Gasteiger partial charge in [0, 0.05) is 5.56 Å². The predicted octanol–water partition coefficient (Wildman–Crippen LogP) is 1.29. The fourth-order valence-corrected chi connectivity index (χ4v) is 2.26. The maximum Gasteiger partial charge on any atom is 0.371 e. The summed E-state index contributed by atoms with van der Waals surface area (Å²) in [6, 6.07) is 8.57. The molecule has 0 saturated carbocycles. The normalized spacial score (nSPS) is 11.4. The number of furan rings is 1. The second-order valence-electron chi connectivity index (χ2n) is 3.51. The topological polar surface area (TPSA) is 111 Å². The summed E-state index contributed by atoms with van der Waals surface area (Å²) < 4.78 is 27.8. The number of hydrogen-bond acceptors (Lipinski definition) is 4. The zero-order valence-corrected chi connectivity index (χ0v) is 9.85. The molecule has 94 valence electrons. The Hall–Kier alpha value is -2.12.